The van der Waals surface area contributed by atoms with Crippen LogP contribution in [0.1, 0.15) is 48.6 Å². The Morgan fingerprint density at radius 1 is 0.982 bits per heavy atom. The molecular weight excluding hydrogens is 801 g/mol. The average Bonchev–Trinajstić information content (AvgIpc) is 3.87. The molecule has 1 fully saturated rings. The SMILES string of the molecule is COc1ccc([Si](C)(C)[C@@H]2[C@@H](CCn3cc(CCO)nn3)O[C@]3(C(=O)N(Cc4cccc(N5N=C(c6ccccc6)CCC5=O)c4)c4ccc(Br)cc43)[C@H]2C)cc1. The number of methoxy groups -OCH3 is 1. The molecule has 3 aliphatic rings. The number of aliphatic hydroxyl groups excluding tert-OH is 1. The average molecular weight is 848 g/mol. The molecule has 13 heteroatoms. The van der Waals surface area contributed by atoms with E-state index < -0.39 is 13.7 Å². The topological polar surface area (TPSA) is 122 Å². The number of aromatic nitrogens is 3. The van der Waals surface area contributed by atoms with Crippen LogP contribution in [0.15, 0.2) is 113 Å². The molecule has 4 atom stereocenters. The molecule has 11 nitrogen and oxygen atoms in total. The van der Waals surface area contributed by atoms with Gasteiger partial charge in [-0.1, -0.05) is 101 Å². The highest BCUT2D eigenvalue weighted by molar-refractivity contribution is 9.10. The normalized spacial score (nSPS) is 22.0. The number of aryl methyl sites for hydroxylation is 1. The Labute approximate surface area is 342 Å². The number of hydrogen-bond acceptors (Lipinski definition) is 8. The van der Waals surface area contributed by atoms with Crippen LogP contribution >= 0.6 is 15.9 Å². The molecule has 0 radical (unpaired) electrons. The van der Waals surface area contributed by atoms with Crippen LogP contribution in [0.5, 0.6) is 5.75 Å². The summed E-state index contributed by atoms with van der Waals surface area (Å²) in [5, 5.41) is 25.6. The van der Waals surface area contributed by atoms with Crippen molar-refractivity contribution >= 4 is 58.1 Å². The first-order valence-corrected chi connectivity index (χ1v) is 23.4. The molecule has 5 aromatic rings. The lowest BCUT2D eigenvalue weighted by Crippen LogP contribution is -2.51. The largest absolute Gasteiger partial charge is 0.497 e. The van der Waals surface area contributed by atoms with Gasteiger partial charge in [0.2, 0.25) is 5.91 Å². The molecule has 0 bridgehead atoms. The van der Waals surface area contributed by atoms with Crippen LogP contribution in [0.3, 0.4) is 0 Å². The summed E-state index contributed by atoms with van der Waals surface area (Å²) in [7, 11) is -0.690. The van der Waals surface area contributed by atoms with E-state index in [1.807, 2.05) is 101 Å². The maximum Gasteiger partial charge on any atom is 0.264 e. The molecule has 0 saturated carbocycles. The van der Waals surface area contributed by atoms with Gasteiger partial charge in [0.25, 0.3) is 5.91 Å². The first kappa shape index (κ1) is 38.9. The van der Waals surface area contributed by atoms with Gasteiger partial charge in [-0.2, -0.15) is 5.10 Å². The van der Waals surface area contributed by atoms with Gasteiger partial charge in [-0.25, -0.2) is 5.01 Å². The van der Waals surface area contributed by atoms with Crippen molar-refractivity contribution in [1.29, 1.82) is 0 Å². The minimum absolute atomic E-state index is 0.00553. The summed E-state index contributed by atoms with van der Waals surface area (Å²) in [4.78, 5) is 30.5. The van der Waals surface area contributed by atoms with Crippen molar-refractivity contribution in [1.82, 2.24) is 15.0 Å². The molecule has 0 aliphatic carbocycles. The highest BCUT2D eigenvalue weighted by Gasteiger charge is 2.66. The number of hydrogen-bond donors (Lipinski definition) is 1. The van der Waals surface area contributed by atoms with Gasteiger partial charge in [-0.05, 0) is 65.6 Å². The molecular formula is C44H47BrN6O5Si. The summed E-state index contributed by atoms with van der Waals surface area (Å²) in [6.45, 7) is 7.78. The van der Waals surface area contributed by atoms with E-state index in [9.17, 15) is 9.90 Å². The zero-order valence-electron chi connectivity index (χ0n) is 32.6. The third kappa shape index (κ3) is 7.15. The van der Waals surface area contributed by atoms with Gasteiger partial charge in [-0.3, -0.25) is 14.3 Å². The number of nitrogens with zero attached hydrogens (tertiary/aromatic N) is 6. The minimum Gasteiger partial charge on any atom is -0.497 e. The van der Waals surface area contributed by atoms with Crippen LogP contribution in [-0.4, -0.2) is 65.5 Å². The second kappa shape index (κ2) is 15.8. The van der Waals surface area contributed by atoms with Crippen molar-refractivity contribution in [2.75, 3.05) is 23.6 Å². The monoisotopic (exact) mass is 846 g/mol. The van der Waals surface area contributed by atoms with Crippen molar-refractivity contribution in [3.05, 3.63) is 130 Å². The third-order valence-electron chi connectivity index (χ3n) is 12.0. The first-order chi connectivity index (χ1) is 27.5. The lowest BCUT2D eigenvalue weighted by Gasteiger charge is -2.37. The van der Waals surface area contributed by atoms with E-state index in [4.69, 9.17) is 14.6 Å². The Bertz CT molecular complexity index is 2320. The molecule has 2 amide bonds. The smallest absolute Gasteiger partial charge is 0.264 e. The number of anilines is 2. The van der Waals surface area contributed by atoms with Gasteiger partial charge in [0.05, 0.1) is 50.6 Å². The number of hydrazone groups is 1. The van der Waals surface area contributed by atoms with Crippen molar-refractivity contribution < 1.29 is 24.2 Å². The van der Waals surface area contributed by atoms with E-state index in [1.165, 1.54) is 10.2 Å². The molecule has 8 rings (SSSR count). The summed E-state index contributed by atoms with van der Waals surface area (Å²) in [5.41, 5.74) is 4.61. The fourth-order valence-corrected chi connectivity index (χ4v) is 13.6. The number of carbonyl (C=O) groups is 2. The van der Waals surface area contributed by atoms with Crippen LogP contribution in [0.2, 0.25) is 18.6 Å². The molecule has 0 unspecified atom stereocenters. The molecule has 4 aromatic carbocycles. The van der Waals surface area contributed by atoms with Crippen LogP contribution < -0.4 is 19.8 Å². The summed E-state index contributed by atoms with van der Waals surface area (Å²) in [6, 6.07) is 32.1. The molecule has 57 heavy (non-hydrogen) atoms. The van der Waals surface area contributed by atoms with Gasteiger partial charge in [0.1, 0.15) is 5.75 Å². The predicted octanol–water partition coefficient (Wildman–Crippen LogP) is 6.97. The molecule has 1 aromatic heterocycles. The summed E-state index contributed by atoms with van der Waals surface area (Å²) in [6.07, 6.45) is 3.61. The molecule has 1 saturated heterocycles. The van der Waals surface area contributed by atoms with Gasteiger partial charge in [-0.15, -0.1) is 5.10 Å². The highest BCUT2D eigenvalue weighted by atomic mass is 79.9. The number of ether oxygens (including phenoxy) is 2. The van der Waals surface area contributed by atoms with Crippen molar-refractivity contribution in [2.24, 2.45) is 11.0 Å². The standard InChI is InChI=1S/C44H47BrN6O5Si/c1-29-42(57(3,4)36-16-14-35(55-2)15-17-36)40(21-23-49-28-33(22-24-52)46-48-49)56-44(29)37-26-32(45)13-19-39(37)50(43(44)54)27-30-9-8-12-34(25-30)51-41(53)20-18-38(47-51)31-10-6-5-7-11-31/h5-17,19,25-26,28-29,40,42,52H,18,20-24,27H2,1-4H3/t29-,40+,42-,44+/m0/s1. The van der Waals surface area contributed by atoms with Gasteiger partial charge in [0.15, 0.2) is 5.60 Å². The van der Waals surface area contributed by atoms with Crippen molar-refractivity contribution in [2.45, 2.75) is 76.0 Å². The quantitative estimate of drug-likeness (QED) is 0.135. The summed E-state index contributed by atoms with van der Waals surface area (Å²) >= 11 is 3.72. The van der Waals surface area contributed by atoms with E-state index >= 15 is 4.79 Å². The van der Waals surface area contributed by atoms with Crippen molar-refractivity contribution in [3.8, 4) is 5.75 Å². The second-order valence-corrected chi connectivity index (χ2v) is 21.3. The highest BCUT2D eigenvalue weighted by Crippen LogP contribution is 2.60. The Balaban J connectivity index is 1.14. The van der Waals surface area contributed by atoms with Gasteiger partial charge >= 0.3 is 0 Å². The maximum atomic E-state index is 15.4. The van der Waals surface area contributed by atoms with E-state index in [-0.39, 0.29) is 42.5 Å². The Hall–Kier alpha value is -4.95. The molecule has 3 aliphatic heterocycles. The van der Waals surface area contributed by atoms with E-state index in [0.717, 1.165) is 44.0 Å². The van der Waals surface area contributed by atoms with E-state index in [1.54, 1.807) is 7.11 Å². The number of benzene rings is 4. The molecule has 1 N–H and O–H groups in total. The lowest BCUT2D eigenvalue weighted by molar-refractivity contribution is -0.146. The fraction of sp³-hybridized carbons (Fsp3) is 0.341. The van der Waals surface area contributed by atoms with E-state index in [0.29, 0.717) is 37.9 Å². The minimum atomic E-state index is -2.36. The molecule has 294 valence electrons. The number of carbonyl (C=O) groups excluding carboxylic acids is 2. The first-order valence-electron chi connectivity index (χ1n) is 19.5. The van der Waals surface area contributed by atoms with Crippen LogP contribution in [0.25, 0.3) is 0 Å². The molecule has 1 spiro atoms. The third-order valence-corrected chi connectivity index (χ3v) is 16.9. The zero-order valence-corrected chi connectivity index (χ0v) is 35.2. The Kier molecular flexibility index (Phi) is 10.8. The van der Waals surface area contributed by atoms with Crippen LogP contribution in [0.4, 0.5) is 11.4 Å². The predicted molar refractivity (Wildman–Crippen MR) is 226 cm³/mol. The van der Waals surface area contributed by atoms with Gasteiger partial charge in [0, 0.05) is 54.6 Å². The molecule has 4 heterocycles. The van der Waals surface area contributed by atoms with Crippen LogP contribution in [-0.2, 0) is 39.4 Å². The van der Waals surface area contributed by atoms with Crippen molar-refractivity contribution in [3.63, 3.8) is 0 Å². The number of fused-ring (bicyclic) bond motifs is 2. The number of halogens is 1. The number of rotatable bonds is 12. The Morgan fingerprint density at radius 3 is 2.53 bits per heavy atom. The fourth-order valence-electron chi connectivity index (χ4n) is 9.21. The summed E-state index contributed by atoms with van der Waals surface area (Å²) in [5.74, 6) is 0.461. The number of aliphatic hydroxyl groups is 1. The second-order valence-electron chi connectivity index (χ2n) is 15.7. The lowest BCUT2D eigenvalue weighted by atomic mass is 9.82. The summed E-state index contributed by atoms with van der Waals surface area (Å²) < 4.78 is 15.5. The zero-order chi connectivity index (χ0) is 39.9. The van der Waals surface area contributed by atoms with E-state index in [2.05, 4.69) is 58.4 Å². The maximum absolute atomic E-state index is 15.4. The van der Waals surface area contributed by atoms with Crippen LogP contribution in [0, 0.1) is 5.92 Å². The van der Waals surface area contributed by atoms with Gasteiger partial charge < -0.3 is 19.5 Å². The number of amides is 2. The Morgan fingerprint density at radius 2 is 1.77 bits per heavy atom.